The molecule has 0 bridgehead atoms. The number of carboxylic acids is 1. The van der Waals surface area contributed by atoms with E-state index >= 15 is 0 Å². The summed E-state index contributed by atoms with van der Waals surface area (Å²) in [7, 11) is 0. The van der Waals surface area contributed by atoms with Gasteiger partial charge in [0, 0.05) is 17.6 Å². The molecular weight excluding hydrogens is 320 g/mol. The summed E-state index contributed by atoms with van der Waals surface area (Å²) in [5.41, 5.74) is -0.323. The van der Waals surface area contributed by atoms with Crippen molar-refractivity contribution >= 4 is 21.9 Å². The first-order valence-corrected chi connectivity index (χ1v) is 7.70. The molecule has 0 fully saturated rings. The van der Waals surface area contributed by atoms with E-state index in [9.17, 15) is 9.90 Å². The summed E-state index contributed by atoms with van der Waals surface area (Å²) in [6, 6.07) is 7.43. The number of carboxylic acid groups (broad SMARTS) is 1. The maximum Gasteiger partial charge on any atom is 0.328 e. The molecule has 0 heterocycles. The second kappa shape index (κ2) is 7.76. The topological polar surface area (TPSA) is 52.6 Å². The molecule has 1 aromatic rings. The minimum absolute atomic E-state index is 0.636. The molecule has 0 aliphatic rings. The second-order valence-corrected chi connectivity index (χ2v) is 5.81. The molecule has 0 amide bonds. The van der Waals surface area contributed by atoms with Crippen LogP contribution in [0, 0.1) is 0 Å². The summed E-state index contributed by atoms with van der Waals surface area (Å²) in [6.07, 6.45) is 0. The highest BCUT2D eigenvalue weighted by atomic mass is 79.9. The van der Waals surface area contributed by atoms with Crippen molar-refractivity contribution in [1.29, 1.82) is 0 Å². The third-order valence-corrected chi connectivity index (χ3v) is 4.12. The molecule has 1 unspecified atom stereocenters. The molecule has 20 heavy (non-hydrogen) atoms. The largest absolute Gasteiger partial charge is 0.480 e. The van der Waals surface area contributed by atoms with E-state index in [-0.39, 0.29) is 0 Å². The minimum Gasteiger partial charge on any atom is -0.480 e. The number of likely N-dealkylation sites (N-methyl/N-ethyl adjacent to an activating group) is 1. The van der Waals surface area contributed by atoms with E-state index in [0.29, 0.717) is 6.54 Å². The fourth-order valence-electron chi connectivity index (χ4n) is 2.10. The van der Waals surface area contributed by atoms with Gasteiger partial charge in [-0.2, -0.15) is 0 Å². The average molecular weight is 343 g/mol. The van der Waals surface area contributed by atoms with Gasteiger partial charge in [-0.3, -0.25) is 5.32 Å². The highest BCUT2D eigenvalue weighted by molar-refractivity contribution is 9.10. The molecule has 5 heteroatoms. The van der Waals surface area contributed by atoms with Crippen molar-refractivity contribution in [3.05, 3.63) is 34.3 Å². The molecule has 2 N–H and O–H groups in total. The molecule has 0 saturated carbocycles. The number of halogens is 1. The van der Waals surface area contributed by atoms with Crippen molar-refractivity contribution in [2.45, 2.75) is 26.3 Å². The molecule has 0 radical (unpaired) electrons. The smallest absolute Gasteiger partial charge is 0.328 e. The molecule has 0 spiro atoms. The lowest BCUT2D eigenvalue weighted by Crippen LogP contribution is -2.49. The van der Waals surface area contributed by atoms with Gasteiger partial charge in [0.05, 0.1) is 0 Å². The van der Waals surface area contributed by atoms with E-state index in [0.717, 1.165) is 29.7 Å². The van der Waals surface area contributed by atoms with E-state index in [1.807, 2.05) is 24.3 Å². The zero-order chi connectivity index (χ0) is 15.2. The van der Waals surface area contributed by atoms with Gasteiger partial charge in [0.25, 0.3) is 0 Å². The van der Waals surface area contributed by atoms with Crippen LogP contribution in [0.4, 0.5) is 0 Å². The zero-order valence-electron chi connectivity index (χ0n) is 12.3. The van der Waals surface area contributed by atoms with Gasteiger partial charge in [-0.15, -0.1) is 0 Å². The van der Waals surface area contributed by atoms with Crippen LogP contribution in [-0.2, 0) is 10.3 Å². The molecule has 0 aromatic heterocycles. The first-order valence-electron chi connectivity index (χ1n) is 6.90. The number of aliphatic carboxylic acids is 1. The molecule has 112 valence electrons. The van der Waals surface area contributed by atoms with Crippen LogP contribution in [-0.4, -0.2) is 42.2 Å². The average Bonchev–Trinajstić information content (AvgIpc) is 2.43. The predicted octanol–water partition coefficient (Wildman–Crippen LogP) is 2.68. The highest BCUT2D eigenvalue weighted by Gasteiger charge is 2.34. The Bertz CT molecular complexity index is 449. The van der Waals surface area contributed by atoms with E-state index < -0.39 is 11.5 Å². The lowest BCUT2D eigenvalue weighted by Gasteiger charge is -2.28. The number of hydrogen-bond donors (Lipinski definition) is 2. The van der Waals surface area contributed by atoms with Crippen LogP contribution in [0.2, 0.25) is 0 Å². The molecule has 0 aliphatic heterocycles. The van der Waals surface area contributed by atoms with Crippen molar-refractivity contribution in [3.63, 3.8) is 0 Å². The summed E-state index contributed by atoms with van der Waals surface area (Å²) < 4.78 is 0.882. The van der Waals surface area contributed by atoms with Crippen LogP contribution in [0.25, 0.3) is 0 Å². The van der Waals surface area contributed by atoms with Crippen molar-refractivity contribution < 1.29 is 9.90 Å². The fourth-order valence-corrected chi connectivity index (χ4v) is 2.50. The van der Waals surface area contributed by atoms with Gasteiger partial charge >= 0.3 is 5.97 Å². The first-order chi connectivity index (χ1) is 9.43. The second-order valence-electron chi connectivity index (χ2n) is 4.89. The van der Waals surface area contributed by atoms with E-state index in [1.54, 1.807) is 6.92 Å². The monoisotopic (exact) mass is 342 g/mol. The first kappa shape index (κ1) is 17.1. The number of rotatable bonds is 8. The Kier molecular flexibility index (Phi) is 6.65. The highest BCUT2D eigenvalue weighted by Crippen LogP contribution is 2.24. The third-order valence-electron chi connectivity index (χ3n) is 3.63. The van der Waals surface area contributed by atoms with Crippen molar-refractivity contribution in [2.24, 2.45) is 0 Å². The van der Waals surface area contributed by atoms with Gasteiger partial charge in [0.1, 0.15) is 5.54 Å². The van der Waals surface area contributed by atoms with Gasteiger partial charge in [0.2, 0.25) is 0 Å². The Morgan fingerprint density at radius 2 is 2.05 bits per heavy atom. The van der Waals surface area contributed by atoms with Gasteiger partial charge < -0.3 is 10.0 Å². The van der Waals surface area contributed by atoms with Gasteiger partial charge in [-0.25, -0.2) is 4.79 Å². The van der Waals surface area contributed by atoms with Crippen LogP contribution in [0.3, 0.4) is 0 Å². The summed E-state index contributed by atoms with van der Waals surface area (Å²) in [4.78, 5) is 13.9. The van der Waals surface area contributed by atoms with Gasteiger partial charge in [0.15, 0.2) is 0 Å². The maximum absolute atomic E-state index is 11.7. The summed E-state index contributed by atoms with van der Waals surface area (Å²) in [5.74, 6) is -0.866. The Labute approximate surface area is 129 Å². The van der Waals surface area contributed by atoms with E-state index in [4.69, 9.17) is 0 Å². The lowest BCUT2D eigenvalue weighted by atomic mass is 9.92. The van der Waals surface area contributed by atoms with Crippen molar-refractivity contribution in [3.8, 4) is 0 Å². The molecule has 1 rings (SSSR count). The van der Waals surface area contributed by atoms with Crippen molar-refractivity contribution in [2.75, 3.05) is 26.2 Å². The van der Waals surface area contributed by atoms with E-state index in [2.05, 4.69) is 40.0 Å². The maximum atomic E-state index is 11.7. The number of hydrogen-bond acceptors (Lipinski definition) is 3. The fraction of sp³-hybridized carbons (Fsp3) is 0.533. The third kappa shape index (κ3) is 4.30. The van der Waals surface area contributed by atoms with Crippen LogP contribution in [0.15, 0.2) is 28.7 Å². The SMILES string of the molecule is CCN(CC)CCNC(C)(C(=O)O)c1cccc(Br)c1. The van der Waals surface area contributed by atoms with Crippen LogP contribution in [0.1, 0.15) is 26.3 Å². The summed E-state index contributed by atoms with van der Waals surface area (Å²) in [5, 5.41) is 12.7. The molecule has 0 aliphatic carbocycles. The van der Waals surface area contributed by atoms with Gasteiger partial charge in [-0.05, 0) is 37.7 Å². The lowest BCUT2D eigenvalue weighted by molar-refractivity contribution is -0.144. The minimum atomic E-state index is -1.07. The number of nitrogens with one attached hydrogen (secondary N) is 1. The Hall–Kier alpha value is -0.910. The van der Waals surface area contributed by atoms with Crippen LogP contribution in [0.5, 0.6) is 0 Å². The standard InChI is InChI=1S/C15H23BrN2O2/c1-4-18(5-2)10-9-17-15(3,14(19)20)12-7-6-8-13(16)11-12/h6-8,11,17H,4-5,9-10H2,1-3H3,(H,19,20). The normalized spacial score (nSPS) is 14.2. The van der Waals surface area contributed by atoms with E-state index in [1.165, 1.54) is 0 Å². The molecule has 1 aromatic carbocycles. The molecule has 4 nitrogen and oxygen atoms in total. The van der Waals surface area contributed by atoms with Crippen molar-refractivity contribution in [1.82, 2.24) is 10.2 Å². The molecule has 0 saturated heterocycles. The molecular formula is C15H23BrN2O2. The summed E-state index contributed by atoms with van der Waals surface area (Å²) in [6.45, 7) is 9.33. The summed E-state index contributed by atoms with van der Waals surface area (Å²) >= 11 is 3.39. The van der Waals surface area contributed by atoms with Crippen LogP contribution >= 0.6 is 15.9 Å². The van der Waals surface area contributed by atoms with Gasteiger partial charge in [-0.1, -0.05) is 41.9 Å². The quantitative estimate of drug-likeness (QED) is 0.762. The Morgan fingerprint density at radius 3 is 2.55 bits per heavy atom. The zero-order valence-corrected chi connectivity index (χ0v) is 13.9. The molecule has 1 atom stereocenters. The predicted molar refractivity (Wildman–Crippen MR) is 84.9 cm³/mol. The Morgan fingerprint density at radius 1 is 1.40 bits per heavy atom. The number of carbonyl (C=O) groups is 1. The Balaban J connectivity index is 2.80. The van der Waals surface area contributed by atoms with Crippen LogP contribution < -0.4 is 5.32 Å². The number of benzene rings is 1. The number of nitrogens with zero attached hydrogens (tertiary/aromatic N) is 1.